The van der Waals surface area contributed by atoms with Crippen LogP contribution in [0.4, 0.5) is 0 Å². The van der Waals surface area contributed by atoms with E-state index in [0.29, 0.717) is 0 Å². The molecular weight excluding hydrogens is 365 g/mol. The van der Waals surface area contributed by atoms with Crippen molar-refractivity contribution >= 4 is 51.8 Å². The molecule has 2 aromatic rings. The topological polar surface area (TPSA) is 0 Å². The molecule has 0 aliphatic rings. The normalized spacial score (nSPS) is 9.45. The quantitative estimate of drug-likeness (QED) is 0.702. The summed E-state index contributed by atoms with van der Waals surface area (Å²) in [5.41, 5.74) is 0. The summed E-state index contributed by atoms with van der Waals surface area (Å²) >= 11 is 3.12. The van der Waals surface area contributed by atoms with Crippen molar-refractivity contribution in [3.8, 4) is 0 Å². The summed E-state index contributed by atoms with van der Waals surface area (Å²) in [5, 5.41) is 4.36. The van der Waals surface area contributed by atoms with E-state index in [1.807, 2.05) is 22.7 Å². The zero-order chi connectivity index (χ0) is 7.52. The van der Waals surface area contributed by atoms with Crippen molar-refractivity contribution in [3.05, 3.63) is 35.0 Å². The second-order valence-electron chi connectivity index (χ2n) is 2.18. The van der Waals surface area contributed by atoms with Crippen molar-refractivity contribution in [2.45, 2.75) is 0 Å². The van der Waals surface area contributed by atoms with Gasteiger partial charge in [0.15, 0.2) is 0 Å². The van der Waals surface area contributed by atoms with Gasteiger partial charge in [-0.2, -0.15) is 0 Å². The molecule has 0 aromatic carbocycles. The van der Waals surface area contributed by atoms with Crippen LogP contribution in [-0.4, -0.2) is 24.2 Å². The standard InChI is InChI=1S/2C4H3S.Tl/c2*1-2-4-5-3-1;/h2*1-3H;. The van der Waals surface area contributed by atoms with E-state index in [2.05, 4.69) is 35.0 Å². The third-order valence-corrected chi connectivity index (χ3v) is 11.7. The molecule has 53 valence electrons. The van der Waals surface area contributed by atoms with Crippen molar-refractivity contribution in [3.63, 3.8) is 0 Å². The van der Waals surface area contributed by atoms with Crippen molar-refractivity contribution in [2.24, 2.45) is 0 Å². The van der Waals surface area contributed by atoms with E-state index in [9.17, 15) is 0 Å². The predicted octanol–water partition coefficient (Wildman–Crippen LogP) is 1.46. The summed E-state index contributed by atoms with van der Waals surface area (Å²) < 4.78 is 3.32. The number of hydrogen-bond donors (Lipinski definition) is 0. The van der Waals surface area contributed by atoms with Crippen LogP contribution in [0.15, 0.2) is 35.0 Å². The summed E-state index contributed by atoms with van der Waals surface area (Å²) in [5.74, 6) is 0. The van der Waals surface area contributed by atoms with E-state index in [1.165, 1.54) is 0 Å². The van der Waals surface area contributed by atoms with E-state index < -0.39 is 24.2 Å². The maximum absolute atomic E-state index is 2.28. The van der Waals surface area contributed by atoms with Crippen LogP contribution in [0.5, 0.6) is 0 Å². The van der Waals surface area contributed by atoms with Gasteiger partial charge >= 0.3 is 86.8 Å². The van der Waals surface area contributed by atoms with Crippen molar-refractivity contribution in [1.29, 1.82) is 0 Å². The fraction of sp³-hybridized carbons (Fsp3) is 0. The molecule has 0 aliphatic heterocycles. The average molecular weight is 371 g/mol. The Bertz CT molecular complexity index is 264. The van der Waals surface area contributed by atoms with Crippen molar-refractivity contribution in [2.75, 3.05) is 0 Å². The van der Waals surface area contributed by atoms with E-state index in [1.54, 1.807) is 4.87 Å². The van der Waals surface area contributed by atoms with E-state index in [-0.39, 0.29) is 0 Å². The molecule has 0 atom stereocenters. The van der Waals surface area contributed by atoms with Crippen LogP contribution in [0.3, 0.4) is 0 Å². The zero-order valence-corrected chi connectivity index (χ0v) is 12.0. The van der Waals surface area contributed by atoms with Crippen LogP contribution in [0, 0.1) is 0 Å². The summed E-state index contributed by atoms with van der Waals surface area (Å²) in [6, 6.07) is 8.87. The summed E-state index contributed by atoms with van der Waals surface area (Å²) in [7, 11) is 0. The van der Waals surface area contributed by atoms with Crippen LogP contribution in [0.1, 0.15) is 0 Å². The molecule has 0 saturated carbocycles. The Morgan fingerprint density at radius 1 is 0.909 bits per heavy atom. The second-order valence-corrected chi connectivity index (χ2v) is 13.3. The summed E-state index contributed by atoms with van der Waals surface area (Å²) in [4.78, 5) is 0. The minimum absolute atomic E-state index is 0.722. The number of rotatable bonds is 2. The van der Waals surface area contributed by atoms with Crippen molar-refractivity contribution in [1.82, 2.24) is 0 Å². The Hall–Kier alpha value is 0.322. The number of thiophene rings is 2. The van der Waals surface area contributed by atoms with Gasteiger partial charge in [-0.3, -0.25) is 0 Å². The Morgan fingerprint density at radius 3 is 1.82 bits per heavy atom. The summed E-state index contributed by atoms with van der Waals surface area (Å²) in [6.45, 7) is 0. The first kappa shape index (κ1) is 7.94. The fourth-order valence-corrected chi connectivity index (χ4v) is 11.0. The third-order valence-electron chi connectivity index (χ3n) is 1.37. The van der Waals surface area contributed by atoms with E-state index in [4.69, 9.17) is 0 Å². The molecule has 3 heteroatoms. The molecule has 0 N–H and O–H groups in total. The molecule has 0 radical (unpaired) electrons. The molecule has 0 saturated heterocycles. The van der Waals surface area contributed by atoms with Crippen LogP contribution >= 0.6 is 22.7 Å². The van der Waals surface area contributed by atoms with Gasteiger partial charge in [0.05, 0.1) is 0 Å². The molecule has 0 unspecified atom stereocenters. The first-order valence-corrected chi connectivity index (χ1v) is 9.62. The molecular formula is C8H6S2Tl. The Balaban J connectivity index is 2.14. The van der Waals surface area contributed by atoms with Crippen LogP contribution in [0.25, 0.3) is 0 Å². The van der Waals surface area contributed by atoms with Gasteiger partial charge in [-0.15, -0.1) is 0 Å². The van der Waals surface area contributed by atoms with Gasteiger partial charge in [0, 0.05) is 0 Å². The monoisotopic (exact) mass is 371 g/mol. The fourth-order valence-electron chi connectivity index (χ4n) is 0.887. The van der Waals surface area contributed by atoms with E-state index >= 15 is 0 Å². The molecule has 0 bridgehead atoms. The van der Waals surface area contributed by atoms with Crippen LogP contribution < -0.4 is 4.87 Å². The molecule has 0 spiro atoms. The predicted molar refractivity (Wildman–Crippen MR) is 53.7 cm³/mol. The SMILES string of the molecule is c1cs[c]([Tl][c]2cccs2)c1. The Labute approximate surface area is 86.1 Å². The van der Waals surface area contributed by atoms with E-state index in [0.717, 1.165) is 0 Å². The molecule has 0 fully saturated rings. The molecule has 0 aliphatic carbocycles. The molecule has 2 heterocycles. The average Bonchev–Trinajstić information content (AvgIpc) is 2.60. The Morgan fingerprint density at radius 2 is 1.45 bits per heavy atom. The first-order chi connectivity index (χ1) is 5.45. The van der Waals surface area contributed by atoms with Gasteiger partial charge in [0.2, 0.25) is 0 Å². The Kier molecular flexibility index (Phi) is 2.76. The zero-order valence-electron chi connectivity index (χ0n) is 5.86. The van der Waals surface area contributed by atoms with Gasteiger partial charge in [-0.25, -0.2) is 0 Å². The molecule has 0 nitrogen and oxygen atoms in total. The molecule has 11 heavy (non-hydrogen) atoms. The molecule has 2 aromatic heterocycles. The summed E-state index contributed by atoms with van der Waals surface area (Å²) in [6.07, 6.45) is 0. The molecule has 2 rings (SSSR count). The van der Waals surface area contributed by atoms with Gasteiger partial charge in [-0.1, -0.05) is 0 Å². The van der Waals surface area contributed by atoms with Gasteiger partial charge in [0.1, 0.15) is 0 Å². The van der Waals surface area contributed by atoms with Crippen LogP contribution in [-0.2, 0) is 0 Å². The van der Waals surface area contributed by atoms with Crippen LogP contribution in [0.2, 0.25) is 0 Å². The number of hydrogen-bond acceptors (Lipinski definition) is 2. The van der Waals surface area contributed by atoms with Gasteiger partial charge in [-0.05, 0) is 0 Å². The second kappa shape index (κ2) is 3.82. The third kappa shape index (κ3) is 2.13. The van der Waals surface area contributed by atoms with Gasteiger partial charge in [0.25, 0.3) is 0 Å². The minimum atomic E-state index is -0.722. The van der Waals surface area contributed by atoms with Crippen molar-refractivity contribution < 1.29 is 0 Å². The molecule has 0 amide bonds. The maximum atomic E-state index is 2.28. The first-order valence-electron chi connectivity index (χ1n) is 3.37. The van der Waals surface area contributed by atoms with Gasteiger partial charge < -0.3 is 0 Å².